The Balaban J connectivity index is 2.39. The van der Waals surface area contributed by atoms with Crippen LogP contribution in [-0.2, 0) is 0 Å². The summed E-state index contributed by atoms with van der Waals surface area (Å²) >= 11 is 19.8. The van der Waals surface area contributed by atoms with Gasteiger partial charge in [0, 0.05) is 10.6 Å². The van der Waals surface area contributed by atoms with E-state index in [-0.39, 0.29) is 15.1 Å². The number of rotatable bonds is 3. The topological polar surface area (TPSA) is 38.0 Å². The SMILES string of the molecule is NC(=S)c1ccc(Nc2ccc(Cl)cc2Cl)c(F)c1Br. The van der Waals surface area contributed by atoms with Crippen molar-refractivity contribution in [3.63, 3.8) is 0 Å². The second-order valence-corrected chi connectivity index (χ2v) is 5.98. The molecule has 0 atom stereocenters. The standard InChI is InChI=1S/C13H8BrCl2FN2S/c14-11-7(13(18)20)2-4-10(12(11)17)19-9-3-1-6(15)5-8(9)16/h1-5,19H,(H2,18,20). The summed E-state index contributed by atoms with van der Waals surface area (Å²) in [4.78, 5) is 0.117. The average molecular weight is 394 g/mol. The molecule has 104 valence electrons. The zero-order valence-corrected chi connectivity index (χ0v) is 13.8. The molecule has 0 aliphatic carbocycles. The maximum Gasteiger partial charge on any atom is 0.161 e. The molecule has 0 saturated heterocycles. The van der Waals surface area contributed by atoms with Gasteiger partial charge in [0.05, 0.1) is 20.9 Å². The van der Waals surface area contributed by atoms with Crippen LogP contribution in [0.2, 0.25) is 10.0 Å². The van der Waals surface area contributed by atoms with Crippen molar-refractivity contribution in [1.82, 2.24) is 0 Å². The van der Waals surface area contributed by atoms with E-state index in [4.69, 9.17) is 41.2 Å². The van der Waals surface area contributed by atoms with E-state index in [0.29, 0.717) is 21.3 Å². The molecule has 0 radical (unpaired) electrons. The van der Waals surface area contributed by atoms with Crippen LogP contribution in [0.3, 0.4) is 0 Å². The molecule has 0 bridgehead atoms. The highest BCUT2D eigenvalue weighted by Gasteiger charge is 2.13. The third kappa shape index (κ3) is 3.23. The van der Waals surface area contributed by atoms with Crippen LogP contribution in [0, 0.1) is 5.82 Å². The van der Waals surface area contributed by atoms with Crippen molar-refractivity contribution in [3.8, 4) is 0 Å². The third-order valence-electron chi connectivity index (χ3n) is 2.55. The van der Waals surface area contributed by atoms with Crippen LogP contribution in [0.4, 0.5) is 15.8 Å². The summed E-state index contributed by atoms with van der Waals surface area (Å²) in [6.45, 7) is 0. The number of nitrogens with two attached hydrogens (primary N) is 1. The van der Waals surface area contributed by atoms with Gasteiger partial charge in [-0.3, -0.25) is 0 Å². The van der Waals surface area contributed by atoms with E-state index in [2.05, 4.69) is 21.2 Å². The first-order valence-electron chi connectivity index (χ1n) is 5.40. The summed E-state index contributed by atoms with van der Waals surface area (Å²) in [7, 11) is 0. The molecule has 0 saturated carbocycles. The van der Waals surface area contributed by atoms with Gasteiger partial charge >= 0.3 is 0 Å². The first kappa shape index (κ1) is 15.5. The number of anilines is 2. The molecule has 20 heavy (non-hydrogen) atoms. The number of hydrogen-bond acceptors (Lipinski definition) is 2. The average Bonchev–Trinajstić information content (AvgIpc) is 2.37. The molecule has 2 rings (SSSR count). The van der Waals surface area contributed by atoms with Gasteiger partial charge in [0.25, 0.3) is 0 Å². The largest absolute Gasteiger partial charge is 0.389 e. The van der Waals surface area contributed by atoms with E-state index >= 15 is 0 Å². The van der Waals surface area contributed by atoms with Gasteiger partial charge in [-0.1, -0.05) is 35.4 Å². The molecule has 0 aliphatic rings. The lowest BCUT2D eigenvalue weighted by Gasteiger charge is -2.12. The van der Waals surface area contributed by atoms with Gasteiger partial charge in [-0.2, -0.15) is 0 Å². The molecule has 2 aromatic rings. The predicted molar refractivity (Wildman–Crippen MR) is 89.7 cm³/mol. The monoisotopic (exact) mass is 392 g/mol. The lowest BCUT2D eigenvalue weighted by atomic mass is 10.2. The predicted octanol–water partition coefficient (Wildman–Crippen LogP) is 5.27. The van der Waals surface area contributed by atoms with Crippen molar-refractivity contribution in [3.05, 3.63) is 56.2 Å². The van der Waals surface area contributed by atoms with Gasteiger partial charge in [-0.05, 0) is 46.3 Å². The molecule has 0 spiro atoms. The summed E-state index contributed by atoms with van der Waals surface area (Å²) in [6, 6.07) is 8.06. The highest BCUT2D eigenvalue weighted by Crippen LogP contribution is 2.32. The van der Waals surface area contributed by atoms with Crippen molar-refractivity contribution < 1.29 is 4.39 Å². The lowest BCUT2D eigenvalue weighted by Crippen LogP contribution is -2.11. The summed E-state index contributed by atoms with van der Waals surface area (Å²) in [5.74, 6) is -0.499. The van der Waals surface area contributed by atoms with Gasteiger partial charge in [0.2, 0.25) is 0 Å². The Bertz CT molecular complexity index is 694. The Morgan fingerprint density at radius 2 is 1.85 bits per heavy atom. The van der Waals surface area contributed by atoms with Gasteiger partial charge < -0.3 is 11.1 Å². The van der Waals surface area contributed by atoms with E-state index in [9.17, 15) is 4.39 Å². The molecule has 0 aromatic heterocycles. The minimum absolute atomic E-state index is 0.117. The van der Waals surface area contributed by atoms with Crippen LogP contribution in [0.1, 0.15) is 5.56 Å². The molecule has 2 nitrogen and oxygen atoms in total. The van der Waals surface area contributed by atoms with Crippen LogP contribution >= 0.6 is 51.3 Å². The fourth-order valence-electron chi connectivity index (χ4n) is 1.57. The molecule has 0 fully saturated rings. The number of benzene rings is 2. The van der Waals surface area contributed by atoms with E-state index in [0.717, 1.165) is 0 Å². The number of nitrogens with one attached hydrogen (secondary N) is 1. The minimum atomic E-state index is -0.499. The van der Waals surface area contributed by atoms with E-state index in [1.807, 2.05) is 0 Å². The van der Waals surface area contributed by atoms with Crippen molar-refractivity contribution >= 4 is 67.7 Å². The quantitative estimate of drug-likeness (QED) is 0.697. The van der Waals surface area contributed by atoms with Crippen LogP contribution in [-0.4, -0.2) is 4.99 Å². The number of halogens is 4. The smallest absolute Gasteiger partial charge is 0.161 e. The van der Waals surface area contributed by atoms with Crippen molar-refractivity contribution in [2.75, 3.05) is 5.32 Å². The minimum Gasteiger partial charge on any atom is -0.389 e. The molecule has 3 N–H and O–H groups in total. The molecule has 0 amide bonds. The van der Waals surface area contributed by atoms with Crippen molar-refractivity contribution in [2.24, 2.45) is 5.73 Å². The van der Waals surface area contributed by atoms with Crippen LogP contribution in [0.5, 0.6) is 0 Å². The normalized spacial score (nSPS) is 10.4. The summed E-state index contributed by atoms with van der Waals surface area (Å²) in [6.07, 6.45) is 0. The van der Waals surface area contributed by atoms with E-state index in [1.165, 1.54) is 0 Å². The van der Waals surface area contributed by atoms with Gasteiger partial charge in [-0.25, -0.2) is 4.39 Å². The fraction of sp³-hybridized carbons (Fsp3) is 0. The van der Waals surface area contributed by atoms with Gasteiger partial charge in [-0.15, -0.1) is 0 Å². The maximum absolute atomic E-state index is 14.2. The zero-order valence-electron chi connectivity index (χ0n) is 9.88. The molecule has 2 aromatic carbocycles. The van der Waals surface area contributed by atoms with Gasteiger partial charge in [0.1, 0.15) is 4.99 Å². The van der Waals surface area contributed by atoms with E-state index < -0.39 is 5.82 Å². The molecule has 0 unspecified atom stereocenters. The van der Waals surface area contributed by atoms with E-state index in [1.54, 1.807) is 30.3 Å². The number of thiocarbonyl (C=S) groups is 1. The van der Waals surface area contributed by atoms with Crippen LogP contribution < -0.4 is 11.1 Å². The first-order valence-corrected chi connectivity index (χ1v) is 7.35. The molecular formula is C13H8BrCl2FN2S. The Morgan fingerprint density at radius 1 is 1.20 bits per heavy atom. The second-order valence-electron chi connectivity index (χ2n) is 3.90. The van der Waals surface area contributed by atoms with Crippen molar-refractivity contribution in [2.45, 2.75) is 0 Å². The Hall–Kier alpha value is -0.880. The van der Waals surface area contributed by atoms with Crippen LogP contribution in [0.25, 0.3) is 0 Å². The molecule has 0 heterocycles. The van der Waals surface area contributed by atoms with Gasteiger partial charge in [0.15, 0.2) is 5.82 Å². The fourth-order valence-corrected chi connectivity index (χ4v) is 2.89. The molecule has 7 heteroatoms. The second kappa shape index (κ2) is 6.26. The first-order chi connectivity index (χ1) is 9.40. The Morgan fingerprint density at radius 3 is 2.45 bits per heavy atom. The summed E-state index contributed by atoms with van der Waals surface area (Å²) in [5, 5.41) is 3.80. The highest BCUT2D eigenvalue weighted by atomic mass is 79.9. The number of hydrogen-bond donors (Lipinski definition) is 2. The molecular weight excluding hydrogens is 386 g/mol. The van der Waals surface area contributed by atoms with Crippen molar-refractivity contribution in [1.29, 1.82) is 0 Å². The zero-order chi connectivity index (χ0) is 14.9. The summed E-state index contributed by atoms with van der Waals surface area (Å²) < 4.78 is 14.4. The Kier molecular flexibility index (Phi) is 4.86. The molecule has 0 aliphatic heterocycles. The third-order valence-corrected chi connectivity index (χ3v) is 4.09. The maximum atomic E-state index is 14.2. The summed E-state index contributed by atoms with van der Waals surface area (Å²) in [5.41, 5.74) is 6.74. The van der Waals surface area contributed by atoms with Crippen LogP contribution in [0.15, 0.2) is 34.8 Å². The Labute approximate surface area is 139 Å². The lowest BCUT2D eigenvalue weighted by molar-refractivity contribution is 0.625. The highest BCUT2D eigenvalue weighted by molar-refractivity contribution is 9.10.